The van der Waals surface area contributed by atoms with Crippen LogP contribution >= 0.6 is 0 Å². The molecule has 0 saturated carbocycles. The molecule has 7 nitrogen and oxygen atoms in total. The summed E-state index contributed by atoms with van der Waals surface area (Å²) in [6.07, 6.45) is 4.62. The Labute approximate surface area is 166 Å². The highest BCUT2D eigenvalue weighted by Crippen LogP contribution is 2.44. The fourth-order valence-electron chi connectivity index (χ4n) is 3.96. The zero-order valence-corrected chi connectivity index (χ0v) is 15.6. The van der Waals surface area contributed by atoms with Crippen LogP contribution in [-0.2, 0) is 9.53 Å². The predicted molar refractivity (Wildman–Crippen MR) is 104 cm³/mol. The first kappa shape index (κ1) is 18.7. The van der Waals surface area contributed by atoms with Gasteiger partial charge < -0.3 is 19.9 Å². The highest BCUT2D eigenvalue weighted by molar-refractivity contribution is 5.96. The highest BCUT2D eigenvalue weighted by Gasteiger charge is 2.41. The van der Waals surface area contributed by atoms with Crippen LogP contribution in [0.2, 0.25) is 0 Å². The fourth-order valence-corrected chi connectivity index (χ4v) is 3.96. The number of benzene rings is 2. The van der Waals surface area contributed by atoms with Crippen LogP contribution in [0.4, 0.5) is 5.69 Å². The molecule has 2 N–H and O–H groups in total. The number of para-hydroxylation sites is 1. The van der Waals surface area contributed by atoms with Crippen molar-refractivity contribution >= 4 is 23.6 Å². The number of carboxylic acid groups (broad SMARTS) is 1. The number of ether oxygens (including phenoxy) is 2. The first-order valence-electron chi connectivity index (χ1n) is 9.19. The topological polar surface area (TPSA) is 102 Å². The number of methoxy groups -OCH3 is 1. The summed E-state index contributed by atoms with van der Waals surface area (Å²) in [5.41, 5.74) is 2.03. The van der Waals surface area contributed by atoms with Gasteiger partial charge in [0.15, 0.2) is 0 Å². The molecule has 0 saturated heterocycles. The van der Waals surface area contributed by atoms with Crippen molar-refractivity contribution < 1.29 is 29.0 Å². The van der Waals surface area contributed by atoms with Crippen molar-refractivity contribution in [2.24, 2.45) is 5.92 Å². The van der Waals surface area contributed by atoms with Gasteiger partial charge in [0.1, 0.15) is 17.4 Å². The monoisotopic (exact) mass is 393 g/mol. The van der Waals surface area contributed by atoms with Crippen molar-refractivity contribution in [1.82, 2.24) is 0 Å². The third-order valence-electron chi connectivity index (χ3n) is 5.36. The Hall–Kier alpha value is -3.61. The number of fused-ring (bicyclic) bond motifs is 3. The van der Waals surface area contributed by atoms with Crippen LogP contribution in [0.1, 0.15) is 38.6 Å². The van der Waals surface area contributed by atoms with E-state index in [1.54, 1.807) is 30.3 Å². The predicted octanol–water partition coefficient (Wildman–Crippen LogP) is 3.23. The SMILES string of the molecule is COC(=O)c1ccccc1OC(=O)c1ccc2c(c1)[C@@H]1C=CC[C@H]1[C@H](C(=O)O)N2. The largest absolute Gasteiger partial charge is 0.480 e. The maximum absolute atomic E-state index is 12.7. The normalized spacial score (nSPS) is 21.5. The molecule has 29 heavy (non-hydrogen) atoms. The minimum atomic E-state index is -0.891. The number of nitrogens with one attached hydrogen (secondary N) is 1. The number of anilines is 1. The van der Waals surface area contributed by atoms with Gasteiger partial charge in [0.25, 0.3) is 0 Å². The van der Waals surface area contributed by atoms with E-state index in [1.807, 2.05) is 12.2 Å². The molecule has 0 radical (unpaired) electrons. The Bertz CT molecular complexity index is 1030. The van der Waals surface area contributed by atoms with Gasteiger partial charge in [-0.2, -0.15) is 0 Å². The van der Waals surface area contributed by atoms with Gasteiger partial charge in [0.05, 0.1) is 12.7 Å². The van der Waals surface area contributed by atoms with Crippen LogP contribution in [0.15, 0.2) is 54.6 Å². The summed E-state index contributed by atoms with van der Waals surface area (Å²) in [7, 11) is 1.26. The Morgan fingerprint density at radius 3 is 2.66 bits per heavy atom. The van der Waals surface area contributed by atoms with Gasteiger partial charge in [-0.3, -0.25) is 0 Å². The second kappa shape index (κ2) is 7.43. The average Bonchev–Trinajstić information content (AvgIpc) is 3.22. The lowest BCUT2D eigenvalue weighted by Crippen LogP contribution is -2.41. The number of carbonyl (C=O) groups excluding carboxylic acids is 2. The van der Waals surface area contributed by atoms with Crippen LogP contribution in [0, 0.1) is 5.92 Å². The van der Waals surface area contributed by atoms with E-state index >= 15 is 0 Å². The maximum Gasteiger partial charge on any atom is 0.343 e. The summed E-state index contributed by atoms with van der Waals surface area (Å²) in [5.74, 6) is -2.17. The molecule has 0 bridgehead atoms. The van der Waals surface area contributed by atoms with E-state index in [1.165, 1.54) is 19.2 Å². The lowest BCUT2D eigenvalue weighted by Gasteiger charge is -2.34. The van der Waals surface area contributed by atoms with Gasteiger partial charge >= 0.3 is 17.9 Å². The van der Waals surface area contributed by atoms with E-state index in [0.717, 1.165) is 5.56 Å². The van der Waals surface area contributed by atoms with Crippen LogP contribution < -0.4 is 10.1 Å². The molecule has 1 aliphatic heterocycles. The Kier molecular flexibility index (Phi) is 4.80. The Balaban J connectivity index is 1.63. The van der Waals surface area contributed by atoms with Gasteiger partial charge in [0, 0.05) is 17.5 Å². The number of rotatable bonds is 4. The third kappa shape index (κ3) is 3.35. The van der Waals surface area contributed by atoms with Crippen molar-refractivity contribution in [3.05, 3.63) is 71.3 Å². The first-order chi connectivity index (χ1) is 14.0. The molecular formula is C22H19NO6. The van der Waals surface area contributed by atoms with Gasteiger partial charge in [0.2, 0.25) is 0 Å². The highest BCUT2D eigenvalue weighted by atomic mass is 16.5. The van der Waals surface area contributed by atoms with Crippen LogP contribution in [0.5, 0.6) is 5.75 Å². The molecule has 0 fully saturated rings. The summed E-state index contributed by atoms with van der Waals surface area (Å²) in [4.78, 5) is 36.2. The van der Waals surface area contributed by atoms with Gasteiger partial charge in [-0.15, -0.1) is 0 Å². The summed E-state index contributed by atoms with van der Waals surface area (Å²) in [5, 5.41) is 12.6. The molecule has 1 heterocycles. The number of hydrogen-bond donors (Lipinski definition) is 2. The smallest absolute Gasteiger partial charge is 0.343 e. The van der Waals surface area contributed by atoms with E-state index < -0.39 is 23.9 Å². The van der Waals surface area contributed by atoms with Gasteiger partial charge in [-0.1, -0.05) is 24.3 Å². The molecule has 3 atom stereocenters. The van der Waals surface area contributed by atoms with Crippen LogP contribution in [0.25, 0.3) is 0 Å². The Morgan fingerprint density at radius 1 is 1.10 bits per heavy atom. The number of esters is 2. The lowest BCUT2D eigenvalue weighted by molar-refractivity contribution is -0.139. The Morgan fingerprint density at radius 2 is 1.90 bits per heavy atom. The standard InChI is InChI=1S/C22H19NO6/c1-28-22(27)15-5-2-3-8-18(15)29-21(26)12-9-10-17-16(11-12)13-6-4-7-14(13)19(23-17)20(24)25/h2-6,8-11,13-14,19,23H,7H2,1H3,(H,24,25)/t13-,14-,19-/m1/s1. The number of carboxylic acids is 1. The lowest BCUT2D eigenvalue weighted by atomic mass is 9.79. The summed E-state index contributed by atoms with van der Waals surface area (Å²) in [6, 6.07) is 10.7. The third-order valence-corrected chi connectivity index (χ3v) is 5.36. The number of carbonyl (C=O) groups is 3. The van der Waals surface area contributed by atoms with Gasteiger partial charge in [-0.05, 0) is 42.3 Å². The van der Waals surface area contributed by atoms with E-state index in [4.69, 9.17) is 9.47 Å². The molecule has 1 aliphatic carbocycles. The van der Waals surface area contributed by atoms with Crippen molar-refractivity contribution in [3.8, 4) is 5.75 Å². The molecule has 0 spiro atoms. The van der Waals surface area contributed by atoms with Crippen molar-refractivity contribution in [1.29, 1.82) is 0 Å². The van der Waals surface area contributed by atoms with Crippen molar-refractivity contribution in [2.75, 3.05) is 12.4 Å². The average molecular weight is 393 g/mol. The molecule has 4 rings (SSSR count). The fraction of sp³-hybridized carbons (Fsp3) is 0.227. The van der Waals surface area contributed by atoms with E-state index in [2.05, 4.69) is 5.32 Å². The molecular weight excluding hydrogens is 374 g/mol. The molecule has 7 heteroatoms. The zero-order valence-electron chi connectivity index (χ0n) is 15.6. The molecule has 0 aromatic heterocycles. The molecule has 0 unspecified atom stereocenters. The minimum Gasteiger partial charge on any atom is -0.480 e. The molecule has 2 aliphatic rings. The molecule has 2 aromatic carbocycles. The van der Waals surface area contributed by atoms with E-state index in [-0.39, 0.29) is 23.1 Å². The quantitative estimate of drug-likeness (QED) is 0.467. The zero-order chi connectivity index (χ0) is 20.5. The summed E-state index contributed by atoms with van der Waals surface area (Å²) >= 11 is 0. The van der Waals surface area contributed by atoms with Crippen molar-refractivity contribution in [3.63, 3.8) is 0 Å². The molecule has 0 amide bonds. The minimum absolute atomic E-state index is 0.0811. The number of allylic oxidation sites excluding steroid dienone is 2. The van der Waals surface area contributed by atoms with Crippen molar-refractivity contribution in [2.45, 2.75) is 18.4 Å². The molecule has 2 aromatic rings. The van der Waals surface area contributed by atoms with Gasteiger partial charge in [-0.25, -0.2) is 14.4 Å². The number of aliphatic carboxylic acids is 1. The van der Waals surface area contributed by atoms with Crippen LogP contribution in [-0.4, -0.2) is 36.2 Å². The second-order valence-electron chi connectivity index (χ2n) is 6.99. The summed E-state index contributed by atoms with van der Waals surface area (Å²) < 4.78 is 10.2. The maximum atomic E-state index is 12.7. The first-order valence-corrected chi connectivity index (χ1v) is 9.19. The van der Waals surface area contributed by atoms with Crippen LogP contribution in [0.3, 0.4) is 0 Å². The van der Waals surface area contributed by atoms with E-state index in [9.17, 15) is 19.5 Å². The molecule has 148 valence electrons. The summed E-state index contributed by atoms with van der Waals surface area (Å²) in [6.45, 7) is 0. The van der Waals surface area contributed by atoms with E-state index in [0.29, 0.717) is 17.7 Å². The second-order valence-corrected chi connectivity index (χ2v) is 6.99. The number of hydrogen-bond acceptors (Lipinski definition) is 6.